The number of rotatable bonds is 11. The summed E-state index contributed by atoms with van der Waals surface area (Å²) >= 11 is 0. The summed E-state index contributed by atoms with van der Waals surface area (Å²) < 4.78 is 6.69. The van der Waals surface area contributed by atoms with Crippen LogP contribution in [0.5, 0.6) is 0 Å². The van der Waals surface area contributed by atoms with Gasteiger partial charge in [0.1, 0.15) is 12.3 Å². The molecule has 10 nitrogen and oxygen atoms in total. The molecule has 0 bridgehead atoms. The van der Waals surface area contributed by atoms with Crippen LogP contribution in [-0.4, -0.2) is 97.0 Å². The van der Waals surface area contributed by atoms with E-state index < -0.39 is 58.3 Å². The molecule has 0 aromatic heterocycles. The van der Waals surface area contributed by atoms with Gasteiger partial charge in [0.2, 0.25) is 0 Å². The molecule has 2 heterocycles. The molecule has 2 aliphatic heterocycles. The zero-order valence-corrected chi connectivity index (χ0v) is 33.7. The van der Waals surface area contributed by atoms with Crippen LogP contribution in [0.25, 0.3) is 0 Å². The standard InChI is InChI=1S/C44H74N2O8/c1-5-7-26-9-12-28-25(2)39(54-36(28)13-10-26)40(51)42(4,52)37-17-20-44(53)30-22-33(48)31-23-34(49)35(50)24-43(31,29(30)16-18-41(37,44)3)19-15-27-11-14-38(45)46-32(27)8-6-21-47/h22,25-29,31-32,34-40,46-47,49-53H,5-21,23-24,45H2,1-4H3/p+1. The Morgan fingerprint density at radius 1 is 1.02 bits per heavy atom. The Kier molecular flexibility index (Phi) is 12.0. The van der Waals surface area contributed by atoms with Crippen LogP contribution in [0.2, 0.25) is 0 Å². The number of allylic oxidation sites excluding steroid dienone is 1. The number of ether oxygens (including phenoxy) is 1. The lowest BCUT2D eigenvalue weighted by molar-refractivity contribution is -0.737. The van der Waals surface area contributed by atoms with E-state index in [4.69, 9.17) is 10.5 Å². The highest BCUT2D eigenvalue weighted by atomic mass is 16.5. The monoisotopic (exact) mass is 760 g/mol. The first-order chi connectivity index (χ1) is 25.6. The van der Waals surface area contributed by atoms with Gasteiger partial charge in [-0.15, -0.1) is 0 Å². The predicted octanol–water partition coefficient (Wildman–Crippen LogP) is 3.47. The molecule has 6 fully saturated rings. The van der Waals surface area contributed by atoms with Gasteiger partial charge in [-0.2, -0.15) is 0 Å². The van der Waals surface area contributed by atoms with E-state index in [1.165, 1.54) is 19.3 Å². The Balaban J connectivity index is 1.14. The van der Waals surface area contributed by atoms with Gasteiger partial charge in [-0.3, -0.25) is 10.5 Å². The van der Waals surface area contributed by atoms with Crippen molar-refractivity contribution in [2.24, 2.45) is 58.0 Å². The molecule has 4 saturated carbocycles. The molecule has 7 aliphatic rings. The van der Waals surface area contributed by atoms with Crippen LogP contribution in [0.15, 0.2) is 11.6 Å². The Morgan fingerprint density at radius 3 is 2.52 bits per heavy atom. The molecule has 0 spiro atoms. The van der Waals surface area contributed by atoms with Crippen molar-refractivity contribution in [3.8, 4) is 0 Å². The maximum Gasteiger partial charge on any atom is 0.159 e. The van der Waals surface area contributed by atoms with Crippen LogP contribution in [0, 0.1) is 52.3 Å². The molecular weight excluding hydrogens is 684 g/mol. The molecule has 10 N–H and O–H groups in total. The van der Waals surface area contributed by atoms with Crippen molar-refractivity contribution in [3.05, 3.63) is 11.6 Å². The summed E-state index contributed by atoms with van der Waals surface area (Å²) in [5.74, 6) is 0.526. The van der Waals surface area contributed by atoms with E-state index in [-0.39, 0.29) is 49.0 Å². The summed E-state index contributed by atoms with van der Waals surface area (Å²) in [6.07, 6.45) is 13.0. The first kappa shape index (κ1) is 41.2. The summed E-state index contributed by atoms with van der Waals surface area (Å²) in [4.78, 5) is 14.3. The van der Waals surface area contributed by atoms with Crippen LogP contribution >= 0.6 is 0 Å². The minimum Gasteiger partial charge on any atom is -0.396 e. The Labute approximate surface area is 324 Å². The molecule has 7 rings (SSSR count). The number of fused-ring (bicyclic) bond motifs is 6. The molecule has 10 heteroatoms. The largest absolute Gasteiger partial charge is 0.396 e. The third-order valence-electron chi connectivity index (χ3n) is 17.6. The summed E-state index contributed by atoms with van der Waals surface area (Å²) in [6, 6.07) is 0.283. The smallest absolute Gasteiger partial charge is 0.159 e. The maximum absolute atomic E-state index is 14.3. The van der Waals surface area contributed by atoms with Crippen LogP contribution in [-0.2, 0) is 9.53 Å². The van der Waals surface area contributed by atoms with Crippen molar-refractivity contribution in [2.75, 3.05) is 6.61 Å². The molecular formula is C44H75N2O8+. The summed E-state index contributed by atoms with van der Waals surface area (Å²) in [6.45, 7) is 8.40. The van der Waals surface area contributed by atoms with Crippen molar-refractivity contribution in [2.45, 2.75) is 197 Å². The van der Waals surface area contributed by atoms with E-state index in [0.717, 1.165) is 56.4 Å². The van der Waals surface area contributed by atoms with Crippen LogP contribution < -0.4 is 11.1 Å². The number of nitrogens with two attached hydrogens (primary N) is 2. The van der Waals surface area contributed by atoms with E-state index in [0.29, 0.717) is 56.8 Å². The average molecular weight is 760 g/mol. The number of hydrogen-bond acceptors (Lipinski definition) is 9. The SMILES string of the molecule is CCCC1CCC2OC(C(O)C(C)(O)C3CCC4(O)C5=CC(=O)C6CC(O)C(O)CC6(CCC6CCC(N)[NH2+]C6CCCO)C5CCC34C)C(C)C2CC1. The van der Waals surface area contributed by atoms with Crippen molar-refractivity contribution < 1.29 is 45.5 Å². The highest BCUT2D eigenvalue weighted by Gasteiger charge is 2.70. The van der Waals surface area contributed by atoms with Crippen LogP contribution in [0.4, 0.5) is 0 Å². The highest BCUT2D eigenvalue weighted by molar-refractivity contribution is 5.95. The second-order valence-corrected chi connectivity index (χ2v) is 20.2. The van der Waals surface area contributed by atoms with E-state index in [9.17, 15) is 35.4 Å². The lowest BCUT2D eigenvalue weighted by Gasteiger charge is -2.62. The van der Waals surface area contributed by atoms with Crippen molar-refractivity contribution in [3.63, 3.8) is 0 Å². The quantitative estimate of drug-likeness (QED) is 0.156. The normalized spacial score (nSPS) is 49.5. The molecule has 0 amide bonds. The molecule has 18 unspecified atom stereocenters. The molecule has 5 aliphatic carbocycles. The number of carbonyl (C=O) groups is 1. The second-order valence-electron chi connectivity index (χ2n) is 20.2. The van der Waals surface area contributed by atoms with Gasteiger partial charge in [0.05, 0.1) is 41.7 Å². The number of hydrogen-bond donors (Lipinski definition) is 8. The van der Waals surface area contributed by atoms with Gasteiger partial charge in [-0.25, -0.2) is 0 Å². The number of ketones is 1. The summed E-state index contributed by atoms with van der Waals surface area (Å²) in [5.41, 5.74) is 2.85. The van der Waals surface area contributed by atoms with Gasteiger partial charge in [0.25, 0.3) is 0 Å². The predicted molar refractivity (Wildman–Crippen MR) is 206 cm³/mol. The summed E-state index contributed by atoms with van der Waals surface area (Å²) in [7, 11) is 0. The minimum atomic E-state index is -1.52. The van der Waals surface area contributed by atoms with Gasteiger partial charge >= 0.3 is 0 Å². The second kappa shape index (κ2) is 15.7. The lowest BCUT2D eigenvalue weighted by atomic mass is 9.44. The minimum absolute atomic E-state index is 0.0417. The van der Waals surface area contributed by atoms with Gasteiger partial charge in [-0.1, -0.05) is 40.0 Å². The Bertz CT molecular complexity index is 1380. The number of aliphatic hydroxyl groups is 6. The summed E-state index contributed by atoms with van der Waals surface area (Å²) in [5, 5.41) is 71.9. The van der Waals surface area contributed by atoms with Crippen LogP contribution in [0.1, 0.15) is 143 Å². The van der Waals surface area contributed by atoms with Gasteiger partial charge in [-0.05, 0) is 137 Å². The first-order valence-electron chi connectivity index (χ1n) is 22.2. The van der Waals surface area contributed by atoms with Crippen molar-refractivity contribution in [1.82, 2.24) is 0 Å². The lowest BCUT2D eigenvalue weighted by Crippen LogP contribution is -3.00. The van der Waals surface area contributed by atoms with E-state index in [2.05, 4.69) is 26.1 Å². The van der Waals surface area contributed by atoms with Gasteiger partial charge in [0.15, 0.2) is 5.78 Å². The molecule has 2 saturated heterocycles. The zero-order chi connectivity index (χ0) is 38.8. The fraction of sp³-hybridized carbons (Fsp3) is 0.932. The van der Waals surface area contributed by atoms with Crippen molar-refractivity contribution >= 4 is 5.78 Å². The van der Waals surface area contributed by atoms with Crippen molar-refractivity contribution in [1.29, 1.82) is 0 Å². The maximum atomic E-state index is 14.3. The third-order valence-corrected chi connectivity index (χ3v) is 17.6. The molecule has 0 aromatic carbocycles. The molecule has 308 valence electrons. The van der Waals surface area contributed by atoms with E-state index in [1.807, 2.05) is 0 Å². The van der Waals surface area contributed by atoms with Gasteiger partial charge < -0.3 is 40.7 Å². The third kappa shape index (κ3) is 6.81. The number of piperidine rings is 1. The number of quaternary nitrogens is 1. The topological polar surface area (TPSA) is 190 Å². The van der Waals surface area contributed by atoms with Crippen LogP contribution in [0.3, 0.4) is 0 Å². The fourth-order valence-electron chi connectivity index (χ4n) is 14.5. The number of carbonyl (C=O) groups excluding carboxylic acids is 1. The van der Waals surface area contributed by atoms with E-state index in [1.54, 1.807) is 13.0 Å². The molecule has 18 atom stereocenters. The van der Waals surface area contributed by atoms with Gasteiger partial charge in [0, 0.05) is 36.7 Å². The Hall–Kier alpha value is -0.950. The molecule has 54 heavy (non-hydrogen) atoms. The first-order valence-corrected chi connectivity index (χ1v) is 22.2. The molecule has 0 aromatic rings. The fourth-order valence-corrected chi connectivity index (χ4v) is 14.5. The number of aliphatic hydroxyl groups excluding tert-OH is 4. The highest BCUT2D eigenvalue weighted by Crippen LogP contribution is 2.70. The molecule has 0 radical (unpaired) electrons. The Morgan fingerprint density at radius 2 is 1.78 bits per heavy atom. The average Bonchev–Trinajstić information content (AvgIpc) is 3.51. The zero-order valence-electron chi connectivity index (χ0n) is 33.7. The van der Waals surface area contributed by atoms with E-state index >= 15 is 0 Å².